The topological polar surface area (TPSA) is 72.6 Å². The lowest BCUT2D eigenvalue weighted by Gasteiger charge is -1.93. The molecule has 0 saturated heterocycles. The minimum Gasteiger partial charge on any atom is -0.258 e. The summed E-state index contributed by atoms with van der Waals surface area (Å²) in [5.74, 6) is 0. The fourth-order valence-electron chi connectivity index (χ4n) is 0.683. The van der Waals surface area contributed by atoms with E-state index in [1.165, 1.54) is 18.2 Å². The Balaban J connectivity index is 3.18. The molecule has 0 aliphatic heterocycles. The van der Waals surface area contributed by atoms with Crippen molar-refractivity contribution in [2.24, 2.45) is 5.18 Å². The fraction of sp³-hybridized carbons (Fsp3) is 0. The van der Waals surface area contributed by atoms with E-state index in [0.29, 0.717) is 4.47 Å². The number of hydrogen-bond donors (Lipinski definition) is 0. The SMILES string of the molecule is O=Nc1ccc([N+](=O)[O-])cc1Br. The van der Waals surface area contributed by atoms with Gasteiger partial charge in [-0.15, -0.1) is 4.91 Å². The van der Waals surface area contributed by atoms with E-state index in [-0.39, 0.29) is 11.4 Å². The summed E-state index contributed by atoms with van der Waals surface area (Å²) >= 11 is 2.98. The number of hydrogen-bond acceptors (Lipinski definition) is 4. The quantitative estimate of drug-likeness (QED) is 0.446. The average Bonchev–Trinajstić information content (AvgIpc) is 2.04. The van der Waals surface area contributed by atoms with Crippen LogP contribution in [0.3, 0.4) is 0 Å². The molecule has 0 aliphatic carbocycles. The Morgan fingerprint density at radius 2 is 2.17 bits per heavy atom. The van der Waals surface area contributed by atoms with Gasteiger partial charge in [0.05, 0.1) is 9.40 Å². The predicted molar refractivity (Wildman–Crippen MR) is 46.3 cm³/mol. The molecule has 0 unspecified atom stereocenters. The summed E-state index contributed by atoms with van der Waals surface area (Å²) in [6, 6.07) is 3.74. The first-order valence-corrected chi connectivity index (χ1v) is 3.71. The Morgan fingerprint density at radius 1 is 1.50 bits per heavy atom. The number of halogens is 1. The van der Waals surface area contributed by atoms with Crippen molar-refractivity contribution in [1.82, 2.24) is 0 Å². The first-order chi connectivity index (χ1) is 5.65. The number of nitro groups is 1. The van der Waals surface area contributed by atoms with Gasteiger partial charge in [0.1, 0.15) is 5.69 Å². The molecule has 1 rings (SSSR count). The molecule has 0 fully saturated rings. The molecule has 0 bridgehead atoms. The Kier molecular flexibility index (Phi) is 2.49. The Morgan fingerprint density at radius 3 is 2.58 bits per heavy atom. The molecule has 0 atom stereocenters. The molecule has 0 aromatic heterocycles. The molecule has 0 N–H and O–H groups in total. The Hall–Kier alpha value is -1.30. The van der Waals surface area contributed by atoms with Gasteiger partial charge in [0, 0.05) is 12.1 Å². The maximum Gasteiger partial charge on any atom is 0.270 e. The van der Waals surface area contributed by atoms with Gasteiger partial charge in [-0.05, 0) is 27.2 Å². The van der Waals surface area contributed by atoms with E-state index < -0.39 is 4.92 Å². The maximum atomic E-state index is 10.2. The third-order valence-electron chi connectivity index (χ3n) is 1.24. The van der Waals surface area contributed by atoms with Crippen LogP contribution < -0.4 is 0 Å². The highest BCUT2D eigenvalue weighted by atomic mass is 79.9. The van der Waals surface area contributed by atoms with E-state index in [4.69, 9.17) is 0 Å². The van der Waals surface area contributed by atoms with E-state index in [2.05, 4.69) is 21.1 Å². The molecule has 0 heterocycles. The van der Waals surface area contributed by atoms with Gasteiger partial charge in [0.25, 0.3) is 5.69 Å². The Bertz CT molecular complexity index is 340. The number of nitrogens with zero attached hydrogens (tertiary/aromatic N) is 2. The molecule has 0 spiro atoms. The Labute approximate surface area is 75.6 Å². The normalized spacial score (nSPS) is 9.42. The van der Waals surface area contributed by atoms with Gasteiger partial charge < -0.3 is 0 Å². The summed E-state index contributed by atoms with van der Waals surface area (Å²) in [6.07, 6.45) is 0. The summed E-state index contributed by atoms with van der Waals surface area (Å²) < 4.78 is 0.326. The van der Waals surface area contributed by atoms with Crippen molar-refractivity contribution in [3.8, 4) is 0 Å². The molecule has 0 aliphatic rings. The van der Waals surface area contributed by atoms with Crippen LogP contribution in [-0.4, -0.2) is 4.92 Å². The summed E-state index contributed by atoms with van der Waals surface area (Å²) in [6.45, 7) is 0. The van der Waals surface area contributed by atoms with Gasteiger partial charge in [-0.2, -0.15) is 0 Å². The molecule has 5 nitrogen and oxygen atoms in total. The molecule has 0 radical (unpaired) electrons. The van der Waals surface area contributed by atoms with Crippen molar-refractivity contribution >= 4 is 27.3 Å². The van der Waals surface area contributed by atoms with Gasteiger partial charge in [0.2, 0.25) is 0 Å². The van der Waals surface area contributed by atoms with E-state index in [1.54, 1.807) is 0 Å². The van der Waals surface area contributed by atoms with Crippen LogP contribution in [0.4, 0.5) is 11.4 Å². The molecule has 62 valence electrons. The van der Waals surface area contributed by atoms with Gasteiger partial charge in [-0.1, -0.05) is 0 Å². The highest BCUT2D eigenvalue weighted by Crippen LogP contribution is 2.28. The van der Waals surface area contributed by atoms with Crippen LogP contribution in [0.2, 0.25) is 0 Å². The maximum absolute atomic E-state index is 10.2. The van der Waals surface area contributed by atoms with Crippen LogP contribution in [0.15, 0.2) is 27.8 Å². The summed E-state index contributed by atoms with van der Waals surface area (Å²) in [5, 5.41) is 12.9. The molecular weight excluding hydrogens is 228 g/mol. The highest BCUT2D eigenvalue weighted by Gasteiger charge is 2.08. The number of nitroso groups, excluding NO2 is 1. The van der Waals surface area contributed by atoms with Crippen LogP contribution in [0, 0.1) is 15.0 Å². The van der Waals surface area contributed by atoms with Crippen LogP contribution >= 0.6 is 15.9 Å². The highest BCUT2D eigenvalue weighted by molar-refractivity contribution is 9.10. The lowest BCUT2D eigenvalue weighted by atomic mass is 10.3. The van der Waals surface area contributed by atoms with E-state index in [9.17, 15) is 15.0 Å². The standard InChI is InChI=1S/C6H3BrN2O3/c7-5-3-4(9(11)12)1-2-6(5)8-10/h1-3H. The third kappa shape index (κ3) is 1.65. The van der Waals surface area contributed by atoms with Crippen molar-refractivity contribution in [2.75, 3.05) is 0 Å². The van der Waals surface area contributed by atoms with Crippen LogP contribution in [0.1, 0.15) is 0 Å². The third-order valence-corrected chi connectivity index (χ3v) is 1.88. The van der Waals surface area contributed by atoms with Gasteiger partial charge >= 0.3 is 0 Å². The molecule has 6 heteroatoms. The summed E-state index contributed by atoms with van der Waals surface area (Å²) in [4.78, 5) is 19.7. The summed E-state index contributed by atoms with van der Waals surface area (Å²) in [5.41, 5.74) is 0.0786. The smallest absolute Gasteiger partial charge is 0.258 e. The number of non-ortho nitro benzene ring substituents is 1. The number of nitro benzene ring substituents is 1. The van der Waals surface area contributed by atoms with Crippen LogP contribution in [0.5, 0.6) is 0 Å². The predicted octanol–water partition coefficient (Wildman–Crippen LogP) is 2.76. The zero-order chi connectivity index (χ0) is 9.14. The number of benzene rings is 1. The number of rotatable bonds is 2. The lowest BCUT2D eigenvalue weighted by molar-refractivity contribution is -0.384. The minimum absolute atomic E-state index is 0.0747. The molecule has 1 aromatic carbocycles. The largest absolute Gasteiger partial charge is 0.270 e. The second kappa shape index (κ2) is 3.40. The minimum atomic E-state index is -0.542. The zero-order valence-corrected chi connectivity index (χ0v) is 7.32. The van der Waals surface area contributed by atoms with E-state index in [1.807, 2.05) is 0 Å². The van der Waals surface area contributed by atoms with Crippen molar-refractivity contribution in [1.29, 1.82) is 0 Å². The lowest BCUT2D eigenvalue weighted by Crippen LogP contribution is -1.86. The van der Waals surface area contributed by atoms with Gasteiger partial charge in [0.15, 0.2) is 0 Å². The fourth-order valence-corrected chi connectivity index (χ4v) is 1.12. The van der Waals surface area contributed by atoms with Crippen LogP contribution in [0.25, 0.3) is 0 Å². The molecule has 1 aromatic rings. The summed E-state index contributed by atoms with van der Waals surface area (Å²) in [7, 11) is 0. The van der Waals surface area contributed by atoms with Gasteiger partial charge in [-0.3, -0.25) is 10.1 Å². The molecule has 0 amide bonds. The van der Waals surface area contributed by atoms with Gasteiger partial charge in [-0.25, -0.2) is 0 Å². The molecule has 12 heavy (non-hydrogen) atoms. The van der Waals surface area contributed by atoms with Crippen LogP contribution in [-0.2, 0) is 0 Å². The first-order valence-electron chi connectivity index (χ1n) is 2.92. The second-order valence-corrected chi connectivity index (χ2v) is 2.84. The zero-order valence-electron chi connectivity index (χ0n) is 5.73. The first kappa shape index (κ1) is 8.79. The van der Waals surface area contributed by atoms with Crippen molar-refractivity contribution in [3.05, 3.63) is 37.7 Å². The second-order valence-electron chi connectivity index (χ2n) is 1.98. The monoisotopic (exact) mass is 230 g/mol. The van der Waals surface area contributed by atoms with E-state index in [0.717, 1.165) is 0 Å². The molecule has 0 saturated carbocycles. The molecular formula is C6H3BrN2O3. The van der Waals surface area contributed by atoms with Crippen molar-refractivity contribution in [3.63, 3.8) is 0 Å². The van der Waals surface area contributed by atoms with E-state index >= 15 is 0 Å². The average molecular weight is 231 g/mol. The van der Waals surface area contributed by atoms with Crippen molar-refractivity contribution in [2.45, 2.75) is 0 Å². The van der Waals surface area contributed by atoms with Crippen molar-refractivity contribution < 1.29 is 4.92 Å².